The first kappa shape index (κ1) is 14.3. The predicted molar refractivity (Wildman–Crippen MR) is 77.9 cm³/mol. The van der Waals surface area contributed by atoms with Gasteiger partial charge in [-0.05, 0) is 19.4 Å². The summed E-state index contributed by atoms with van der Waals surface area (Å²) in [6.07, 6.45) is 4.19. The Morgan fingerprint density at radius 1 is 1.30 bits per heavy atom. The van der Waals surface area contributed by atoms with Gasteiger partial charge in [-0.3, -0.25) is 9.59 Å². The van der Waals surface area contributed by atoms with Crippen LogP contribution in [0.25, 0.3) is 0 Å². The second kappa shape index (κ2) is 6.37. The maximum absolute atomic E-state index is 12.7. The summed E-state index contributed by atoms with van der Waals surface area (Å²) >= 11 is 0. The molecule has 106 valence electrons. The first-order chi connectivity index (χ1) is 9.63. The predicted octanol–water partition coefficient (Wildman–Crippen LogP) is 2.04. The Labute approximate surface area is 119 Å². The summed E-state index contributed by atoms with van der Waals surface area (Å²) < 4.78 is 0. The SMILES string of the molecule is C/C=C/CN1C(=O)C(c2ccccc2)NC(=O)CC1C. The van der Waals surface area contributed by atoms with Gasteiger partial charge in [0.1, 0.15) is 6.04 Å². The van der Waals surface area contributed by atoms with E-state index in [2.05, 4.69) is 5.32 Å². The highest BCUT2D eigenvalue weighted by Gasteiger charge is 2.34. The van der Waals surface area contributed by atoms with Gasteiger partial charge >= 0.3 is 0 Å². The van der Waals surface area contributed by atoms with Crippen molar-refractivity contribution in [2.45, 2.75) is 32.4 Å². The molecule has 0 spiro atoms. The van der Waals surface area contributed by atoms with Gasteiger partial charge in [-0.15, -0.1) is 0 Å². The molecule has 4 nitrogen and oxygen atoms in total. The normalized spacial score (nSPS) is 23.8. The summed E-state index contributed by atoms with van der Waals surface area (Å²) in [5.41, 5.74) is 0.824. The van der Waals surface area contributed by atoms with Crippen LogP contribution in [0, 0.1) is 0 Å². The third-order valence-corrected chi connectivity index (χ3v) is 3.52. The van der Waals surface area contributed by atoms with Gasteiger partial charge in [0, 0.05) is 19.0 Å². The van der Waals surface area contributed by atoms with E-state index >= 15 is 0 Å². The lowest BCUT2D eigenvalue weighted by Gasteiger charge is -2.27. The molecule has 0 aromatic heterocycles. The average molecular weight is 272 g/mol. The van der Waals surface area contributed by atoms with Crippen LogP contribution >= 0.6 is 0 Å². The lowest BCUT2D eigenvalue weighted by atomic mass is 10.1. The first-order valence-corrected chi connectivity index (χ1v) is 6.89. The van der Waals surface area contributed by atoms with Crippen molar-refractivity contribution in [3.8, 4) is 0 Å². The Balaban J connectivity index is 2.31. The van der Waals surface area contributed by atoms with Crippen molar-refractivity contribution in [3.05, 3.63) is 48.0 Å². The van der Waals surface area contributed by atoms with Crippen molar-refractivity contribution in [2.75, 3.05) is 6.54 Å². The zero-order valence-corrected chi connectivity index (χ0v) is 11.9. The van der Waals surface area contributed by atoms with Crippen LogP contribution in [0.2, 0.25) is 0 Å². The largest absolute Gasteiger partial charge is 0.340 e. The highest BCUT2D eigenvalue weighted by atomic mass is 16.2. The van der Waals surface area contributed by atoms with Gasteiger partial charge in [-0.1, -0.05) is 42.5 Å². The molecule has 0 saturated carbocycles. The molecule has 0 bridgehead atoms. The number of allylic oxidation sites excluding steroid dienone is 1. The summed E-state index contributed by atoms with van der Waals surface area (Å²) in [4.78, 5) is 26.4. The smallest absolute Gasteiger partial charge is 0.250 e. The molecule has 20 heavy (non-hydrogen) atoms. The molecular formula is C16H20N2O2. The van der Waals surface area contributed by atoms with E-state index in [0.29, 0.717) is 13.0 Å². The zero-order chi connectivity index (χ0) is 14.5. The molecule has 1 saturated heterocycles. The van der Waals surface area contributed by atoms with Gasteiger partial charge in [0.25, 0.3) is 0 Å². The van der Waals surface area contributed by atoms with Crippen molar-refractivity contribution in [1.29, 1.82) is 0 Å². The fraction of sp³-hybridized carbons (Fsp3) is 0.375. The maximum Gasteiger partial charge on any atom is 0.250 e. The minimum atomic E-state index is -0.584. The van der Waals surface area contributed by atoms with Crippen molar-refractivity contribution in [3.63, 3.8) is 0 Å². The number of carbonyl (C=O) groups is 2. The van der Waals surface area contributed by atoms with E-state index in [1.54, 1.807) is 4.90 Å². The molecule has 1 aromatic rings. The van der Waals surface area contributed by atoms with Crippen LogP contribution < -0.4 is 5.32 Å². The molecular weight excluding hydrogens is 252 g/mol. The van der Waals surface area contributed by atoms with Crippen molar-refractivity contribution < 1.29 is 9.59 Å². The molecule has 2 rings (SSSR count). The third kappa shape index (κ3) is 3.07. The fourth-order valence-electron chi connectivity index (χ4n) is 2.40. The number of hydrogen-bond donors (Lipinski definition) is 1. The van der Waals surface area contributed by atoms with E-state index in [9.17, 15) is 9.59 Å². The molecule has 0 aliphatic carbocycles. The lowest BCUT2D eigenvalue weighted by Crippen LogP contribution is -2.41. The monoisotopic (exact) mass is 272 g/mol. The second-order valence-electron chi connectivity index (χ2n) is 5.02. The van der Waals surface area contributed by atoms with Gasteiger partial charge in [0.05, 0.1) is 0 Å². The van der Waals surface area contributed by atoms with Crippen LogP contribution in [0.3, 0.4) is 0 Å². The molecule has 0 radical (unpaired) electrons. The van der Waals surface area contributed by atoms with Crippen LogP contribution in [0.5, 0.6) is 0 Å². The number of rotatable bonds is 3. The van der Waals surface area contributed by atoms with E-state index in [4.69, 9.17) is 0 Å². The highest BCUT2D eigenvalue weighted by molar-refractivity contribution is 5.91. The molecule has 1 aromatic carbocycles. The number of nitrogens with zero attached hydrogens (tertiary/aromatic N) is 1. The summed E-state index contributed by atoms with van der Waals surface area (Å²) in [7, 11) is 0. The van der Waals surface area contributed by atoms with E-state index in [-0.39, 0.29) is 17.9 Å². The number of carbonyl (C=O) groups excluding carboxylic acids is 2. The topological polar surface area (TPSA) is 49.4 Å². The molecule has 2 atom stereocenters. The summed E-state index contributed by atoms with van der Waals surface area (Å²) in [6.45, 7) is 4.37. The zero-order valence-electron chi connectivity index (χ0n) is 11.9. The van der Waals surface area contributed by atoms with Crippen molar-refractivity contribution in [2.24, 2.45) is 0 Å². The molecule has 1 heterocycles. The lowest BCUT2D eigenvalue weighted by molar-refractivity contribution is -0.134. The van der Waals surface area contributed by atoms with Gasteiger partial charge in [0.15, 0.2) is 0 Å². The standard InChI is InChI=1S/C16H20N2O2/c1-3-4-10-18-12(2)11-14(19)17-15(16(18)20)13-8-6-5-7-9-13/h3-9,12,15H,10-11H2,1-2H3,(H,17,19)/b4-3+. The fourth-order valence-corrected chi connectivity index (χ4v) is 2.40. The van der Waals surface area contributed by atoms with E-state index < -0.39 is 6.04 Å². The number of nitrogens with one attached hydrogen (secondary N) is 1. The van der Waals surface area contributed by atoms with Crippen LogP contribution in [-0.2, 0) is 9.59 Å². The van der Waals surface area contributed by atoms with Gasteiger partial charge in [0.2, 0.25) is 11.8 Å². The van der Waals surface area contributed by atoms with Crippen LogP contribution in [0.15, 0.2) is 42.5 Å². The van der Waals surface area contributed by atoms with Crippen LogP contribution in [0.1, 0.15) is 31.9 Å². The minimum absolute atomic E-state index is 0.0485. The van der Waals surface area contributed by atoms with E-state index in [0.717, 1.165) is 5.56 Å². The molecule has 1 aliphatic heterocycles. The molecule has 2 amide bonds. The summed E-state index contributed by atoms with van der Waals surface area (Å²) in [6, 6.07) is 8.71. The Bertz CT molecular complexity index is 510. The van der Waals surface area contributed by atoms with Gasteiger partial charge < -0.3 is 10.2 Å². The minimum Gasteiger partial charge on any atom is -0.340 e. The maximum atomic E-state index is 12.7. The van der Waals surface area contributed by atoms with Crippen LogP contribution in [0.4, 0.5) is 0 Å². The van der Waals surface area contributed by atoms with Gasteiger partial charge in [-0.25, -0.2) is 0 Å². The third-order valence-electron chi connectivity index (χ3n) is 3.52. The Kier molecular flexibility index (Phi) is 4.56. The second-order valence-corrected chi connectivity index (χ2v) is 5.02. The molecule has 1 fully saturated rings. The highest BCUT2D eigenvalue weighted by Crippen LogP contribution is 2.21. The number of hydrogen-bond acceptors (Lipinski definition) is 2. The van der Waals surface area contributed by atoms with Gasteiger partial charge in [-0.2, -0.15) is 0 Å². The average Bonchev–Trinajstić information content (AvgIpc) is 2.55. The molecule has 1 N–H and O–H groups in total. The molecule has 2 unspecified atom stereocenters. The van der Waals surface area contributed by atoms with Crippen molar-refractivity contribution >= 4 is 11.8 Å². The first-order valence-electron chi connectivity index (χ1n) is 6.89. The molecule has 4 heteroatoms. The Morgan fingerprint density at radius 3 is 2.65 bits per heavy atom. The van der Waals surface area contributed by atoms with E-state index in [1.807, 2.05) is 56.3 Å². The van der Waals surface area contributed by atoms with E-state index in [1.165, 1.54) is 0 Å². The quantitative estimate of drug-likeness (QED) is 0.856. The molecule has 1 aliphatic rings. The van der Waals surface area contributed by atoms with Crippen molar-refractivity contribution in [1.82, 2.24) is 10.2 Å². The number of benzene rings is 1. The Morgan fingerprint density at radius 2 is 2.00 bits per heavy atom. The summed E-state index contributed by atoms with van der Waals surface area (Å²) in [5.74, 6) is -0.129. The summed E-state index contributed by atoms with van der Waals surface area (Å²) in [5, 5.41) is 2.83. The Hall–Kier alpha value is -2.10. The van der Waals surface area contributed by atoms with Crippen LogP contribution in [-0.4, -0.2) is 29.3 Å². The number of amides is 2.